The van der Waals surface area contributed by atoms with Crippen molar-refractivity contribution in [1.82, 2.24) is 10.6 Å². The van der Waals surface area contributed by atoms with Crippen LogP contribution in [0.3, 0.4) is 0 Å². The first kappa shape index (κ1) is 22.8. The van der Waals surface area contributed by atoms with Crippen molar-refractivity contribution >= 4 is 34.4 Å². The number of rotatable bonds is 10. The molecule has 30 heavy (non-hydrogen) atoms. The number of allylic oxidation sites excluding steroid dienone is 1. The van der Waals surface area contributed by atoms with Crippen LogP contribution in [0.4, 0.5) is 4.79 Å². The summed E-state index contributed by atoms with van der Waals surface area (Å²) in [5, 5.41) is 15.1. The summed E-state index contributed by atoms with van der Waals surface area (Å²) < 4.78 is 11.2. The number of carboxylic acid groups (broad SMARTS) is 1. The zero-order valence-corrected chi connectivity index (χ0v) is 17.3. The van der Waals surface area contributed by atoms with Crippen molar-refractivity contribution in [3.8, 4) is 5.75 Å². The van der Waals surface area contributed by atoms with E-state index in [-0.39, 0.29) is 13.0 Å². The maximum absolute atomic E-state index is 12.4. The summed E-state index contributed by atoms with van der Waals surface area (Å²) in [6.45, 7) is 6.21. The second-order valence-electron chi connectivity index (χ2n) is 6.86. The number of fused-ring (bicyclic) bond motifs is 1. The molecule has 1 unspecified atom stereocenters. The molecular formula is C21H27N3O6. The van der Waals surface area contributed by atoms with E-state index in [1.165, 1.54) is 6.08 Å². The summed E-state index contributed by atoms with van der Waals surface area (Å²) >= 11 is 0. The van der Waals surface area contributed by atoms with Crippen LogP contribution in [0.15, 0.2) is 28.9 Å². The molecule has 0 radical (unpaired) electrons. The number of furan rings is 1. The number of ether oxygens (including phenoxy) is 1. The molecule has 2 aromatic rings. The molecule has 9 nitrogen and oxygen atoms in total. The molecule has 0 bridgehead atoms. The summed E-state index contributed by atoms with van der Waals surface area (Å²) in [6.07, 6.45) is 3.50. The number of carboxylic acids is 1. The van der Waals surface area contributed by atoms with Crippen molar-refractivity contribution < 1.29 is 28.6 Å². The van der Waals surface area contributed by atoms with Gasteiger partial charge in [-0.1, -0.05) is 0 Å². The molecule has 0 spiro atoms. The van der Waals surface area contributed by atoms with Crippen molar-refractivity contribution in [1.29, 1.82) is 0 Å². The monoisotopic (exact) mass is 417 g/mol. The Labute approximate surface area is 174 Å². The van der Waals surface area contributed by atoms with Crippen LogP contribution in [0.5, 0.6) is 5.75 Å². The lowest BCUT2D eigenvalue weighted by atomic mass is 10.0. The third-order valence-electron chi connectivity index (χ3n) is 4.52. The molecule has 0 fully saturated rings. The normalized spacial score (nSPS) is 12.4. The zero-order valence-electron chi connectivity index (χ0n) is 17.3. The van der Waals surface area contributed by atoms with Gasteiger partial charge in [0.1, 0.15) is 17.4 Å². The van der Waals surface area contributed by atoms with E-state index in [2.05, 4.69) is 10.6 Å². The highest BCUT2D eigenvalue weighted by Gasteiger charge is 2.19. The maximum atomic E-state index is 12.4. The number of nitrogens with two attached hydrogens (primary N) is 1. The molecule has 0 saturated heterocycles. The lowest BCUT2D eigenvalue weighted by molar-refractivity contribution is -0.141. The molecule has 0 saturated carbocycles. The average molecular weight is 417 g/mol. The predicted molar refractivity (Wildman–Crippen MR) is 112 cm³/mol. The highest BCUT2D eigenvalue weighted by Crippen LogP contribution is 2.33. The number of benzene rings is 1. The van der Waals surface area contributed by atoms with E-state index in [1.807, 2.05) is 19.9 Å². The second kappa shape index (κ2) is 10.3. The molecular weight excluding hydrogens is 390 g/mol. The van der Waals surface area contributed by atoms with Gasteiger partial charge >= 0.3 is 12.0 Å². The number of urea groups is 1. The molecule has 1 aromatic heterocycles. The number of aliphatic carboxylic acids is 1. The molecule has 162 valence electrons. The van der Waals surface area contributed by atoms with Crippen LogP contribution in [0.25, 0.3) is 16.5 Å². The molecule has 2 rings (SSSR count). The summed E-state index contributed by atoms with van der Waals surface area (Å²) in [4.78, 5) is 34.5. The minimum absolute atomic E-state index is 0.151. The maximum Gasteiger partial charge on any atom is 0.326 e. The van der Waals surface area contributed by atoms with Gasteiger partial charge in [0, 0.05) is 29.6 Å². The Balaban J connectivity index is 2.17. The minimum Gasteiger partial charge on any atom is -0.493 e. The van der Waals surface area contributed by atoms with Crippen LogP contribution in [-0.4, -0.2) is 42.2 Å². The molecule has 1 aromatic carbocycles. The first-order valence-electron chi connectivity index (χ1n) is 9.62. The lowest BCUT2D eigenvalue weighted by Gasteiger charge is -2.14. The highest BCUT2D eigenvalue weighted by atomic mass is 16.5. The minimum atomic E-state index is -1.15. The van der Waals surface area contributed by atoms with Gasteiger partial charge < -0.3 is 30.6 Å². The predicted octanol–water partition coefficient (Wildman–Crippen LogP) is 2.56. The molecule has 5 N–H and O–H groups in total. The first-order chi connectivity index (χ1) is 14.2. The fourth-order valence-electron chi connectivity index (χ4n) is 3.03. The molecule has 9 heteroatoms. The van der Waals surface area contributed by atoms with Gasteiger partial charge in [0.25, 0.3) is 0 Å². The Morgan fingerprint density at radius 1 is 1.33 bits per heavy atom. The summed E-state index contributed by atoms with van der Waals surface area (Å²) in [5.41, 5.74) is 7.97. The quantitative estimate of drug-likeness (QED) is 0.345. The van der Waals surface area contributed by atoms with E-state index in [0.29, 0.717) is 29.9 Å². The molecule has 0 aliphatic carbocycles. The molecule has 3 amide bonds. The van der Waals surface area contributed by atoms with E-state index in [4.69, 9.17) is 14.9 Å². The number of amides is 3. The third kappa shape index (κ3) is 6.00. The summed E-state index contributed by atoms with van der Waals surface area (Å²) in [5.74, 6) is -1.11. The third-order valence-corrected chi connectivity index (χ3v) is 4.52. The van der Waals surface area contributed by atoms with Gasteiger partial charge in [-0.2, -0.15) is 0 Å². The summed E-state index contributed by atoms with van der Waals surface area (Å²) in [7, 11) is 0. The van der Waals surface area contributed by atoms with Crippen LogP contribution >= 0.6 is 0 Å². The van der Waals surface area contributed by atoms with Gasteiger partial charge in [0.15, 0.2) is 0 Å². The number of aryl methyl sites for hydroxylation is 1. The first-order valence-corrected chi connectivity index (χ1v) is 9.62. The van der Waals surface area contributed by atoms with E-state index >= 15 is 0 Å². The Morgan fingerprint density at radius 2 is 2.07 bits per heavy atom. The Hall–Kier alpha value is -3.49. The van der Waals surface area contributed by atoms with Crippen molar-refractivity contribution in [2.24, 2.45) is 5.73 Å². The van der Waals surface area contributed by atoms with Crippen LogP contribution in [0.2, 0.25) is 0 Å². The van der Waals surface area contributed by atoms with Gasteiger partial charge in [0.05, 0.1) is 12.9 Å². The van der Waals surface area contributed by atoms with Gasteiger partial charge in [-0.15, -0.1) is 0 Å². The largest absolute Gasteiger partial charge is 0.493 e. The van der Waals surface area contributed by atoms with Crippen LogP contribution < -0.4 is 21.1 Å². The Kier molecular flexibility index (Phi) is 7.85. The van der Waals surface area contributed by atoms with E-state index < -0.39 is 23.9 Å². The fourth-order valence-corrected chi connectivity index (χ4v) is 3.03. The molecule has 1 heterocycles. The Bertz CT molecular complexity index is 963. The highest BCUT2D eigenvalue weighted by molar-refractivity contribution is 5.98. The van der Waals surface area contributed by atoms with Crippen molar-refractivity contribution in [2.75, 3.05) is 13.2 Å². The number of hydrogen-bond acceptors (Lipinski definition) is 5. The van der Waals surface area contributed by atoms with Crippen LogP contribution in [0, 0.1) is 6.92 Å². The molecule has 1 atom stereocenters. The topological polar surface area (TPSA) is 144 Å². The van der Waals surface area contributed by atoms with Crippen LogP contribution in [0.1, 0.15) is 37.8 Å². The Morgan fingerprint density at radius 3 is 2.70 bits per heavy atom. The number of nitrogens with one attached hydrogen (secondary N) is 2. The van der Waals surface area contributed by atoms with Crippen molar-refractivity contribution in [2.45, 2.75) is 39.7 Å². The fraction of sp³-hybridized carbons (Fsp3) is 0.381. The second-order valence-corrected chi connectivity index (χ2v) is 6.86. The van der Waals surface area contributed by atoms with E-state index in [9.17, 15) is 19.5 Å². The van der Waals surface area contributed by atoms with Gasteiger partial charge in [0.2, 0.25) is 5.91 Å². The van der Waals surface area contributed by atoms with Crippen molar-refractivity contribution in [3.05, 3.63) is 35.6 Å². The van der Waals surface area contributed by atoms with Gasteiger partial charge in [-0.25, -0.2) is 9.59 Å². The van der Waals surface area contributed by atoms with Crippen LogP contribution in [-0.2, 0) is 9.59 Å². The zero-order chi connectivity index (χ0) is 22.3. The van der Waals surface area contributed by atoms with Gasteiger partial charge in [-0.3, -0.25) is 4.79 Å². The van der Waals surface area contributed by atoms with Gasteiger partial charge in [-0.05, 0) is 50.8 Å². The number of carbonyl (C=O) groups excluding carboxylic acids is 2. The lowest BCUT2D eigenvalue weighted by Crippen LogP contribution is -2.40. The smallest absolute Gasteiger partial charge is 0.326 e. The summed E-state index contributed by atoms with van der Waals surface area (Å²) in [6, 6.07) is 1.91. The van der Waals surface area contributed by atoms with E-state index in [0.717, 1.165) is 16.5 Å². The molecule has 0 aliphatic rings. The number of hydrogen-bond donors (Lipinski definition) is 4. The SMILES string of the molecule is CCOc1cc2occ(C)c2cc1/C(C)=C/C(=O)NC(CCCNC(N)=O)C(=O)O. The number of carbonyl (C=O) groups is 3. The average Bonchev–Trinajstić information content (AvgIpc) is 3.03. The number of primary amides is 1. The standard InChI is InChI=1S/C21H27N3O6/c1-4-29-17-10-18-15(13(3)11-30-18)9-14(17)12(2)8-19(25)24-16(20(26)27)6-5-7-23-21(22)28/h8-11,16H,4-7H2,1-3H3,(H,24,25)(H,26,27)(H3,22,23,28)/b12-8+. The van der Waals surface area contributed by atoms with E-state index in [1.54, 1.807) is 19.3 Å². The van der Waals surface area contributed by atoms with Crippen molar-refractivity contribution in [3.63, 3.8) is 0 Å². The molecule has 0 aliphatic heterocycles.